The minimum absolute atomic E-state index is 0.149. The van der Waals surface area contributed by atoms with Crippen molar-refractivity contribution in [3.8, 4) is 5.75 Å². The number of carbonyl (C=O) groups is 3. The second kappa shape index (κ2) is 7.39. The number of anilines is 1. The number of hydrogen-bond acceptors (Lipinski definition) is 4. The Kier molecular flexibility index (Phi) is 4.76. The first-order valence-corrected chi connectivity index (χ1v) is 9.38. The van der Waals surface area contributed by atoms with Gasteiger partial charge in [0.15, 0.2) is 6.61 Å². The monoisotopic (exact) mass is 388 g/mol. The summed E-state index contributed by atoms with van der Waals surface area (Å²) < 4.78 is 5.57. The standard InChI is InChI=1S/C23H20N2O4/c1-13(2)14-6-8-15(9-7-14)29-12-20(26)24-19-11-10-18-21-16(19)4-3-5-17(21)22(27)25-23(18)28/h3-11,13H,12H2,1-2H3,(H,24,26)(H,25,27,28). The second-order valence-corrected chi connectivity index (χ2v) is 7.23. The molecule has 4 rings (SSSR count). The van der Waals surface area contributed by atoms with Gasteiger partial charge in [-0.2, -0.15) is 0 Å². The normalized spacial score (nSPS) is 12.8. The highest BCUT2D eigenvalue weighted by molar-refractivity contribution is 6.27. The summed E-state index contributed by atoms with van der Waals surface area (Å²) in [6.07, 6.45) is 0. The van der Waals surface area contributed by atoms with E-state index in [4.69, 9.17) is 4.74 Å². The van der Waals surface area contributed by atoms with E-state index >= 15 is 0 Å². The lowest BCUT2D eigenvalue weighted by Crippen LogP contribution is -2.34. The van der Waals surface area contributed by atoms with Gasteiger partial charge < -0.3 is 10.1 Å². The highest BCUT2D eigenvalue weighted by atomic mass is 16.5. The predicted molar refractivity (Wildman–Crippen MR) is 110 cm³/mol. The molecule has 0 aromatic heterocycles. The molecule has 1 aliphatic rings. The Hall–Kier alpha value is -3.67. The van der Waals surface area contributed by atoms with Gasteiger partial charge in [0.05, 0.1) is 0 Å². The third-order valence-electron chi connectivity index (χ3n) is 4.95. The molecule has 1 heterocycles. The fraction of sp³-hybridized carbons (Fsp3) is 0.174. The summed E-state index contributed by atoms with van der Waals surface area (Å²) in [6.45, 7) is 4.07. The van der Waals surface area contributed by atoms with Crippen LogP contribution in [-0.2, 0) is 4.79 Å². The molecular formula is C23H20N2O4. The van der Waals surface area contributed by atoms with Crippen LogP contribution in [0.3, 0.4) is 0 Å². The van der Waals surface area contributed by atoms with Gasteiger partial charge in [-0.15, -0.1) is 0 Å². The minimum atomic E-state index is -0.440. The van der Waals surface area contributed by atoms with E-state index in [1.165, 1.54) is 5.56 Å². The summed E-state index contributed by atoms with van der Waals surface area (Å²) >= 11 is 0. The summed E-state index contributed by atoms with van der Waals surface area (Å²) in [4.78, 5) is 36.6. The van der Waals surface area contributed by atoms with Crippen molar-refractivity contribution in [3.05, 3.63) is 71.3 Å². The first-order chi connectivity index (χ1) is 13.9. The highest BCUT2D eigenvalue weighted by Crippen LogP contribution is 2.32. The quantitative estimate of drug-likeness (QED) is 0.650. The van der Waals surface area contributed by atoms with Crippen LogP contribution in [0, 0.1) is 0 Å². The van der Waals surface area contributed by atoms with Gasteiger partial charge in [-0.1, -0.05) is 38.1 Å². The molecule has 1 aliphatic heterocycles. The maximum atomic E-state index is 12.4. The Morgan fingerprint density at radius 1 is 0.966 bits per heavy atom. The molecule has 0 unspecified atom stereocenters. The lowest BCUT2D eigenvalue weighted by molar-refractivity contribution is -0.118. The number of amides is 3. The molecule has 6 heteroatoms. The molecule has 3 amide bonds. The van der Waals surface area contributed by atoms with Crippen LogP contribution in [0.1, 0.15) is 46.0 Å². The van der Waals surface area contributed by atoms with Crippen molar-refractivity contribution in [2.75, 3.05) is 11.9 Å². The van der Waals surface area contributed by atoms with Gasteiger partial charge in [0, 0.05) is 27.6 Å². The van der Waals surface area contributed by atoms with Gasteiger partial charge in [-0.3, -0.25) is 19.7 Å². The van der Waals surface area contributed by atoms with E-state index in [9.17, 15) is 14.4 Å². The molecule has 146 valence electrons. The molecule has 0 aliphatic carbocycles. The fourth-order valence-corrected chi connectivity index (χ4v) is 3.42. The topological polar surface area (TPSA) is 84.5 Å². The van der Waals surface area contributed by atoms with Crippen LogP contribution in [0.25, 0.3) is 10.8 Å². The van der Waals surface area contributed by atoms with Crippen LogP contribution in [0.5, 0.6) is 5.75 Å². The minimum Gasteiger partial charge on any atom is -0.484 e. The summed E-state index contributed by atoms with van der Waals surface area (Å²) in [5.74, 6) is -0.169. The van der Waals surface area contributed by atoms with Crippen molar-refractivity contribution in [1.29, 1.82) is 0 Å². The maximum Gasteiger partial charge on any atom is 0.262 e. The van der Waals surface area contributed by atoms with Crippen LogP contribution in [0.15, 0.2) is 54.6 Å². The third kappa shape index (κ3) is 3.57. The number of nitrogens with one attached hydrogen (secondary N) is 2. The van der Waals surface area contributed by atoms with Gasteiger partial charge in [0.1, 0.15) is 5.75 Å². The van der Waals surface area contributed by atoms with E-state index < -0.39 is 11.8 Å². The van der Waals surface area contributed by atoms with Gasteiger partial charge >= 0.3 is 0 Å². The van der Waals surface area contributed by atoms with Crippen LogP contribution in [0.2, 0.25) is 0 Å². The molecule has 2 N–H and O–H groups in total. The highest BCUT2D eigenvalue weighted by Gasteiger charge is 2.25. The summed E-state index contributed by atoms with van der Waals surface area (Å²) in [5, 5.41) is 6.31. The number of carbonyl (C=O) groups excluding carboxylic acids is 3. The van der Waals surface area contributed by atoms with E-state index in [1.54, 1.807) is 30.3 Å². The molecular weight excluding hydrogens is 368 g/mol. The van der Waals surface area contributed by atoms with Crippen LogP contribution in [0.4, 0.5) is 5.69 Å². The average molecular weight is 388 g/mol. The number of rotatable bonds is 5. The molecule has 0 fully saturated rings. The second-order valence-electron chi connectivity index (χ2n) is 7.23. The molecule has 6 nitrogen and oxygen atoms in total. The van der Waals surface area contributed by atoms with Crippen molar-refractivity contribution < 1.29 is 19.1 Å². The molecule has 0 saturated heterocycles. The lowest BCUT2D eigenvalue weighted by atomic mass is 9.94. The molecule has 0 bridgehead atoms. The maximum absolute atomic E-state index is 12.4. The Balaban J connectivity index is 1.53. The number of ether oxygens (including phenoxy) is 1. The smallest absolute Gasteiger partial charge is 0.262 e. The van der Waals surface area contributed by atoms with Gasteiger partial charge in [-0.25, -0.2) is 0 Å². The van der Waals surface area contributed by atoms with Crippen molar-refractivity contribution in [1.82, 2.24) is 5.32 Å². The van der Waals surface area contributed by atoms with E-state index in [0.717, 1.165) is 0 Å². The van der Waals surface area contributed by atoms with Crippen molar-refractivity contribution in [2.24, 2.45) is 0 Å². The third-order valence-corrected chi connectivity index (χ3v) is 4.95. The zero-order chi connectivity index (χ0) is 20.5. The summed E-state index contributed by atoms with van der Waals surface area (Å²) in [7, 11) is 0. The van der Waals surface area contributed by atoms with Crippen molar-refractivity contribution >= 4 is 34.2 Å². The van der Waals surface area contributed by atoms with Crippen molar-refractivity contribution in [3.63, 3.8) is 0 Å². The van der Waals surface area contributed by atoms with E-state index in [-0.39, 0.29) is 12.5 Å². The first kappa shape index (κ1) is 18.7. The first-order valence-electron chi connectivity index (χ1n) is 9.38. The van der Waals surface area contributed by atoms with Gasteiger partial charge in [-0.05, 0) is 41.8 Å². The van der Waals surface area contributed by atoms with E-state index in [2.05, 4.69) is 24.5 Å². The fourth-order valence-electron chi connectivity index (χ4n) is 3.42. The summed E-state index contributed by atoms with van der Waals surface area (Å²) in [5.41, 5.74) is 2.55. The molecule has 3 aromatic carbocycles. The number of imide groups is 1. The SMILES string of the molecule is CC(C)c1ccc(OCC(=O)Nc2ccc3c4c(cccc24)C(=O)NC3=O)cc1. The molecule has 0 saturated carbocycles. The summed E-state index contributed by atoms with van der Waals surface area (Å²) in [6, 6.07) is 16.1. The zero-order valence-electron chi connectivity index (χ0n) is 16.1. The molecule has 29 heavy (non-hydrogen) atoms. The largest absolute Gasteiger partial charge is 0.484 e. The number of hydrogen-bond donors (Lipinski definition) is 2. The van der Waals surface area contributed by atoms with Crippen LogP contribution < -0.4 is 15.4 Å². The van der Waals surface area contributed by atoms with Gasteiger partial charge in [0.2, 0.25) is 0 Å². The van der Waals surface area contributed by atoms with E-state index in [0.29, 0.717) is 39.3 Å². The number of benzene rings is 3. The average Bonchev–Trinajstić information content (AvgIpc) is 2.71. The zero-order valence-corrected chi connectivity index (χ0v) is 16.1. The Bertz CT molecular complexity index is 1110. The Morgan fingerprint density at radius 2 is 1.66 bits per heavy atom. The molecule has 3 aromatic rings. The Labute approximate surface area is 167 Å². The molecule has 0 atom stereocenters. The van der Waals surface area contributed by atoms with Crippen LogP contribution in [-0.4, -0.2) is 24.3 Å². The van der Waals surface area contributed by atoms with Crippen LogP contribution >= 0.6 is 0 Å². The van der Waals surface area contributed by atoms with E-state index in [1.807, 2.05) is 24.3 Å². The van der Waals surface area contributed by atoms with Gasteiger partial charge in [0.25, 0.3) is 17.7 Å². The molecule has 0 radical (unpaired) electrons. The molecule has 0 spiro atoms. The lowest BCUT2D eigenvalue weighted by Gasteiger charge is -2.18. The van der Waals surface area contributed by atoms with Crippen molar-refractivity contribution in [2.45, 2.75) is 19.8 Å². The predicted octanol–water partition coefficient (Wildman–Crippen LogP) is 3.86. The Morgan fingerprint density at radius 3 is 2.34 bits per heavy atom.